The van der Waals surface area contributed by atoms with Crippen LogP contribution in [-0.2, 0) is 0 Å². The van der Waals surface area contributed by atoms with E-state index in [0.717, 1.165) is 54.0 Å². The summed E-state index contributed by atoms with van der Waals surface area (Å²) < 4.78 is 13.5. The zero-order valence-corrected chi connectivity index (χ0v) is 18.3. The molecular formula is C26H23FN6. The first kappa shape index (κ1) is 20.9. The second kappa shape index (κ2) is 8.49. The molecule has 1 aliphatic rings. The van der Waals surface area contributed by atoms with Crippen molar-refractivity contribution in [1.82, 2.24) is 14.9 Å². The standard InChI is InChI=1S/C26H23FN6/c1-32-10-12-33(13-11-32)26-21(14-18-4-2-3-5-23(18)31-26)20-15-24(30-25(29)22(20)16-28)17-6-8-19(27)9-7-17/h2-9,14-15H,10-13H2,1H3,(H2,29,30). The van der Waals surface area contributed by atoms with Crippen molar-refractivity contribution >= 4 is 22.5 Å². The van der Waals surface area contributed by atoms with Crippen LogP contribution >= 0.6 is 0 Å². The first-order valence-corrected chi connectivity index (χ1v) is 10.8. The third-order valence-electron chi connectivity index (χ3n) is 6.10. The fourth-order valence-corrected chi connectivity index (χ4v) is 4.23. The van der Waals surface area contributed by atoms with Gasteiger partial charge in [-0.3, -0.25) is 0 Å². The van der Waals surface area contributed by atoms with Crippen LogP contribution in [0.5, 0.6) is 0 Å². The molecule has 7 heteroatoms. The van der Waals surface area contributed by atoms with Gasteiger partial charge in [-0.05, 0) is 49.5 Å². The van der Waals surface area contributed by atoms with Gasteiger partial charge in [0, 0.05) is 48.3 Å². The van der Waals surface area contributed by atoms with Crippen LogP contribution in [0.1, 0.15) is 5.56 Å². The second-order valence-corrected chi connectivity index (χ2v) is 8.28. The summed E-state index contributed by atoms with van der Waals surface area (Å²) in [7, 11) is 2.11. The third kappa shape index (κ3) is 3.97. The molecule has 0 saturated carbocycles. The molecule has 2 aromatic heterocycles. The van der Waals surface area contributed by atoms with Gasteiger partial charge in [0.05, 0.1) is 11.2 Å². The van der Waals surface area contributed by atoms with Gasteiger partial charge >= 0.3 is 0 Å². The van der Waals surface area contributed by atoms with Crippen molar-refractivity contribution in [3.05, 3.63) is 72.0 Å². The van der Waals surface area contributed by atoms with E-state index in [0.29, 0.717) is 16.8 Å². The van der Waals surface area contributed by atoms with Gasteiger partial charge in [-0.1, -0.05) is 18.2 Å². The van der Waals surface area contributed by atoms with Gasteiger partial charge in [-0.2, -0.15) is 5.26 Å². The molecule has 3 heterocycles. The van der Waals surface area contributed by atoms with E-state index in [1.54, 1.807) is 12.1 Å². The minimum Gasteiger partial charge on any atom is -0.383 e. The maximum absolute atomic E-state index is 13.5. The molecule has 1 fully saturated rings. The number of benzene rings is 2. The normalized spacial score (nSPS) is 14.4. The van der Waals surface area contributed by atoms with Gasteiger partial charge in [-0.15, -0.1) is 0 Å². The Kier molecular flexibility index (Phi) is 5.37. The average Bonchev–Trinajstić information content (AvgIpc) is 2.83. The third-order valence-corrected chi connectivity index (χ3v) is 6.10. The zero-order valence-electron chi connectivity index (χ0n) is 18.3. The quantitative estimate of drug-likeness (QED) is 0.513. The van der Waals surface area contributed by atoms with Crippen molar-refractivity contribution in [2.75, 3.05) is 43.9 Å². The van der Waals surface area contributed by atoms with E-state index in [1.165, 1.54) is 12.1 Å². The number of halogens is 1. The molecule has 0 amide bonds. The Morgan fingerprint density at radius 1 is 0.939 bits per heavy atom. The number of anilines is 2. The Morgan fingerprint density at radius 3 is 2.39 bits per heavy atom. The van der Waals surface area contributed by atoms with E-state index in [-0.39, 0.29) is 11.6 Å². The van der Waals surface area contributed by atoms with Crippen LogP contribution in [0.4, 0.5) is 16.0 Å². The number of para-hydroxylation sites is 1. The minimum absolute atomic E-state index is 0.145. The van der Waals surface area contributed by atoms with Crippen molar-refractivity contribution in [2.24, 2.45) is 0 Å². The van der Waals surface area contributed by atoms with Crippen molar-refractivity contribution in [3.8, 4) is 28.5 Å². The molecule has 1 saturated heterocycles. The average molecular weight is 439 g/mol. The summed E-state index contributed by atoms with van der Waals surface area (Å²) in [6.07, 6.45) is 0. The van der Waals surface area contributed by atoms with Gasteiger partial charge < -0.3 is 15.5 Å². The molecule has 33 heavy (non-hydrogen) atoms. The number of hydrogen-bond donors (Lipinski definition) is 1. The SMILES string of the molecule is CN1CCN(c2nc3ccccc3cc2-c2cc(-c3ccc(F)cc3)nc(N)c2C#N)CC1. The lowest BCUT2D eigenvalue weighted by atomic mass is 9.97. The number of rotatable bonds is 3. The molecule has 0 radical (unpaired) electrons. The molecule has 2 N–H and O–H groups in total. The first-order chi connectivity index (χ1) is 16.0. The highest BCUT2D eigenvalue weighted by molar-refractivity contribution is 5.93. The number of piperazine rings is 1. The lowest BCUT2D eigenvalue weighted by molar-refractivity contribution is 0.312. The van der Waals surface area contributed by atoms with Crippen LogP contribution < -0.4 is 10.6 Å². The topological polar surface area (TPSA) is 82.1 Å². The van der Waals surface area contributed by atoms with Crippen LogP contribution in [0.15, 0.2) is 60.7 Å². The van der Waals surface area contributed by atoms with Crippen molar-refractivity contribution in [1.29, 1.82) is 5.26 Å². The Bertz CT molecular complexity index is 1370. The van der Waals surface area contributed by atoms with Gasteiger partial charge in [0.15, 0.2) is 0 Å². The Labute approximate surface area is 191 Å². The number of likely N-dealkylation sites (N-methyl/N-ethyl adjacent to an activating group) is 1. The van der Waals surface area contributed by atoms with Crippen LogP contribution in [-0.4, -0.2) is 48.1 Å². The molecule has 164 valence electrons. The lowest BCUT2D eigenvalue weighted by Crippen LogP contribution is -2.45. The summed E-state index contributed by atoms with van der Waals surface area (Å²) in [5.74, 6) is 0.650. The van der Waals surface area contributed by atoms with Crippen LogP contribution in [0.3, 0.4) is 0 Å². The second-order valence-electron chi connectivity index (χ2n) is 8.28. The number of hydrogen-bond acceptors (Lipinski definition) is 6. The van der Waals surface area contributed by atoms with E-state index < -0.39 is 0 Å². The molecule has 5 rings (SSSR count). The Morgan fingerprint density at radius 2 is 1.67 bits per heavy atom. The number of nitrogen functional groups attached to an aromatic ring is 1. The van der Waals surface area contributed by atoms with Gasteiger partial charge in [-0.25, -0.2) is 14.4 Å². The molecule has 0 aliphatic carbocycles. The summed E-state index contributed by atoms with van der Waals surface area (Å²) in [5, 5.41) is 10.9. The van der Waals surface area contributed by atoms with Gasteiger partial charge in [0.2, 0.25) is 0 Å². The molecule has 0 spiro atoms. The van der Waals surface area contributed by atoms with Crippen molar-refractivity contribution < 1.29 is 4.39 Å². The van der Waals surface area contributed by atoms with Crippen LogP contribution in [0.25, 0.3) is 33.3 Å². The first-order valence-electron chi connectivity index (χ1n) is 10.8. The highest BCUT2D eigenvalue weighted by atomic mass is 19.1. The molecule has 4 aromatic rings. The van der Waals surface area contributed by atoms with Crippen molar-refractivity contribution in [2.45, 2.75) is 0 Å². The number of fused-ring (bicyclic) bond motifs is 1. The maximum atomic E-state index is 13.5. The monoisotopic (exact) mass is 438 g/mol. The smallest absolute Gasteiger partial charge is 0.142 e. The van der Waals surface area contributed by atoms with E-state index in [2.05, 4.69) is 34.0 Å². The van der Waals surface area contributed by atoms with Crippen LogP contribution in [0.2, 0.25) is 0 Å². The van der Waals surface area contributed by atoms with E-state index in [9.17, 15) is 9.65 Å². The Hall–Kier alpha value is -4.02. The lowest BCUT2D eigenvalue weighted by Gasteiger charge is -2.34. The maximum Gasteiger partial charge on any atom is 0.142 e. The van der Waals surface area contributed by atoms with E-state index in [1.807, 2.05) is 30.3 Å². The predicted octanol–water partition coefficient (Wildman–Crippen LogP) is 4.31. The fraction of sp³-hybridized carbons (Fsp3) is 0.192. The number of nitrogens with zero attached hydrogens (tertiary/aromatic N) is 5. The largest absolute Gasteiger partial charge is 0.383 e. The molecule has 0 unspecified atom stereocenters. The Balaban J connectivity index is 1.74. The highest BCUT2D eigenvalue weighted by Crippen LogP contribution is 2.38. The van der Waals surface area contributed by atoms with Gasteiger partial charge in [0.1, 0.15) is 29.1 Å². The van der Waals surface area contributed by atoms with E-state index in [4.69, 9.17) is 10.7 Å². The van der Waals surface area contributed by atoms with Crippen LogP contribution in [0, 0.1) is 17.1 Å². The molecule has 0 bridgehead atoms. The summed E-state index contributed by atoms with van der Waals surface area (Å²) >= 11 is 0. The predicted molar refractivity (Wildman–Crippen MR) is 129 cm³/mol. The number of nitrogens with two attached hydrogens (primary N) is 1. The molecule has 1 aliphatic heterocycles. The number of nitriles is 1. The summed E-state index contributed by atoms with van der Waals surface area (Å²) in [6.45, 7) is 3.53. The summed E-state index contributed by atoms with van der Waals surface area (Å²) in [4.78, 5) is 14.0. The van der Waals surface area contributed by atoms with E-state index >= 15 is 0 Å². The fourth-order valence-electron chi connectivity index (χ4n) is 4.23. The zero-order chi connectivity index (χ0) is 22.9. The molecule has 0 atom stereocenters. The minimum atomic E-state index is -0.323. The molecule has 6 nitrogen and oxygen atoms in total. The summed E-state index contributed by atoms with van der Waals surface area (Å²) in [6, 6.07) is 20.2. The molecule has 2 aromatic carbocycles. The van der Waals surface area contributed by atoms with Crippen molar-refractivity contribution in [3.63, 3.8) is 0 Å². The van der Waals surface area contributed by atoms with Gasteiger partial charge in [0.25, 0.3) is 0 Å². The highest BCUT2D eigenvalue weighted by Gasteiger charge is 2.23. The number of aromatic nitrogens is 2. The summed E-state index contributed by atoms with van der Waals surface area (Å²) in [5.41, 5.74) is 10.3. The number of pyridine rings is 2. The molecular weight excluding hydrogens is 415 g/mol.